The van der Waals surface area contributed by atoms with Crippen LogP contribution in [0, 0.1) is 11.7 Å². The number of hydrogen-bond donors (Lipinski definition) is 2. The molecule has 2 fully saturated rings. The topological polar surface area (TPSA) is 87.7 Å². The molecule has 0 aliphatic carbocycles. The second kappa shape index (κ2) is 9.23. The molecule has 0 radical (unpaired) electrons. The molecular weight excluding hydrogens is 457 g/mol. The Hall–Kier alpha value is -3.17. The van der Waals surface area contributed by atoms with E-state index in [-0.39, 0.29) is 18.0 Å². The van der Waals surface area contributed by atoms with Crippen LogP contribution in [-0.2, 0) is 28.0 Å². The second-order valence-electron chi connectivity index (χ2n) is 8.82. The van der Waals surface area contributed by atoms with Crippen molar-refractivity contribution in [3.05, 3.63) is 71.5 Å². The SMILES string of the molecule is O=C1CN(c2c(OCc3ccccc3)cc3ccc(CC4CCCNC4)cc3c2F)S(=O)(=O)N1. The van der Waals surface area contributed by atoms with Crippen molar-refractivity contribution in [2.75, 3.05) is 23.9 Å². The number of nitrogens with one attached hydrogen (secondary N) is 2. The third-order valence-corrected chi connectivity index (χ3v) is 7.69. The third-order valence-electron chi connectivity index (χ3n) is 6.31. The van der Waals surface area contributed by atoms with Crippen LogP contribution in [-0.4, -0.2) is 34.0 Å². The number of piperidine rings is 1. The summed E-state index contributed by atoms with van der Waals surface area (Å²) < 4.78 is 49.7. The highest BCUT2D eigenvalue weighted by molar-refractivity contribution is 7.92. The summed E-state index contributed by atoms with van der Waals surface area (Å²) >= 11 is 0. The van der Waals surface area contributed by atoms with Crippen molar-refractivity contribution in [3.8, 4) is 5.75 Å². The fourth-order valence-electron chi connectivity index (χ4n) is 4.65. The summed E-state index contributed by atoms with van der Waals surface area (Å²) in [7, 11) is -4.21. The highest BCUT2D eigenvalue weighted by Crippen LogP contribution is 2.40. The number of amides is 1. The molecule has 1 unspecified atom stereocenters. The number of ether oxygens (including phenoxy) is 1. The summed E-state index contributed by atoms with van der Waals surface area (Å²) in [6.45, 7) is 1.58. The van der Waals surface area contributed by atoms with Gasteiger partial charge in [0.1, 0.15) is 24.6 Å². The van der Waals surface area contributed by atoms with Crippen LogP contribution in [0.4, 0.5) is 10.1 Å². The number of carbonyl (C=O) groups excluding carboxylic acids is 1. The van der Waals surface area contributed by atoms with Gasteiger partial charge in [-0.25, -0.2) is 13.4 Å². The van der Waals surface area contributed by atoms with E-state index in [0.29, 0.717) is 16.7 Å². The smallest absolute Gasteiger partial charge is 0.326 e. The normalized spacial score (nSPS) is 19.9. The summed E-state index contributed by atoms with van der Waals surface area (Å²) in [5.41, 5.74) is 1.59. The summed E-state index contributed by atoms with van der Waals surface area (Å²) in [4.78, 5) is 11.9. The number of anilines is 1. The van der Waals surface area contributed by atoms with Gasteiger partial charge in [-0.1, -0.05) is 42.5 Å². The van der Waals surface area contributed by atoms with E-state index in [1.165, 1.54) is 0 Å². The molecule has 0 bridgehead atoms. The molecule has 1 atom stereocenters. The van der Waals surface area contributed by atoms with Crippen LogP contribution in [0.3, 0.4) is 0 Å². The molecule has 3 aromatic rings. The Morgan fingerprint density at radius 1 is 1.09 bits per heavy atom. The summed E-state index contributed by atoms with van der Waals surface area (Å²) in [5, 5.41) is 4.30. The van der Waals surface area contributed by atoms with Crippen LogP contribution in [0.2, 0.25) is 0 Å². The first-order valence-corrected chi connectivity index (χ1v) is 12.8. The van der Waals surface area contributed by atoms with Gasteiger partial charge in [-0.15, -0.1) is 0 Å². The average Bonchev–Trinajstić information content (AvgIpc) is 3.10. The van der Waals surface area contributed by atoms with Crippen LogP contribution >= 0.6 is 0 Å². The van der Waals surface area contributed by atoms with Gasteiger partial charge in [-0.05, 0) is 66.9 Å². The predicted molar refractivity (Wildman–Crippen MR) is 128 cm³/mol. The maximum absolute atomic E-state index is 16.0. The fourth-order valence-corrected chi connectivity index (χ4v) is 5.81. The zero-order valence-corrected chi connectivity index (χ0v) is 19.4. The van der Waals surface area contributed by atoms with E-state index in [0.717, 1.165) is 47.8 Å². The van der Waals surface area contributed by atoms with Crippen molar-refractivity contribution in [3.63, 3.8) is 0 Å². The molecule has 34 heavy (non-hydrogen) atoms. The van der Waals surface area contributed by atoms with Gasteiger partial charge in [0, 0.05) is 5.39 Å². The number of halogens is 1. The molecule has 2 aliphatic heterocycles. The molecular formula is C25H26FN3O4S. The predicted octanol–water partition coefficient (Wildman–Crippen LogP) is 3.28. The molecule has 3 aromatic carbocycles. The average molecular weight is 484 g/mol. The molecule has 2 heterocycles. The van der Waals surface area contributed by atoms with E-state index < -0.39 is 28.5 Å². The molecule has 2 saturated heterocycles. The Kier molecular flexibility index (Phi) is 6.14. The fraction of sp³-hybridized carbons (Fsp3) is 0.320. The van der Waals surface area contributed by atoms with Gasteiger partial charge in [0.05, 0.1) is 0 Å². The van der Waals surface area contributed by atoms with Gasteiger partial charge in [0.25, 0.3) is 5.91 Å². The Labute approximate surface area is 198 Å². The first-order valence-electron chi connectivity index (χ1n) is 11.4. The maximum atomic E-state index is 16.0. The molecule has 0 aromatic heterocycles. The standard InChI is InChI=1S/C25H26FN3O4S/c26-24-21-12-18(11-19-7-4-10-27-14-19)8-9-20(21)13-22(33-16-17-5-2-1-3-6-17)25(24)29-15-23(30)28-34(29,31)32/h1-3,5-6,8-9,12-13,19,27H,4,7,10-11,14-16H2,(H,28,30). The van der Waals surface area contributed by atoms with Crippen molar-refractivity contribution in [1.29, 1.82) is 0 Å². The largest absolute Gasteiger partial charge is 0.487 e. The van der Waals surface area contributed by atoms with Crippen molar-refractivity contribution in [2.45, 2.75) is 25.9 Å². The highest BCUT2D eigenvalue weighted by atomic mass is 32.2. The van der Waals surface area contributed by atoms with Gasteiger partial charge in [0.2, 0.25) is 0 Å². The van der Waals surface area contributed by atoms with E-state index in [1.54, 1.807) is 12.1 Å². The van der Waals surface area contributed by atoms with Crippen LogP contribution < -0.4 is 19.1 Å². The van der Waals surface area contributed by atoms with Gasteiger partial charge in [-0.3, -0.25) is 4.79 Å². The number of carbonyl (C=O) groups is 1. The minimum absolute atomic E-state index is 0.0677. The molecule has 5 rings (SSSR count). The summed E-state index contributed by atoms with van der Waals surface area (Å²) in [6, 6.07) is 16.6. The molecule has 178 valence electrons. The third kappa shape index (κ3) is 4.58. The Bertz CT molecular complexity index is 1320. The Morgan fingerprint density at radius 2 is 1.91 bits per heavy atom. The molecule has 1 amide bonds. The minimum atomic E-state index is -4.21. The number of hydrogen-bond acceptors (Lipinski definition) is 5. The zero-order chi connectivity index (χ0) is 23.7. The Morgan fingerprint density at radius 3 is 2.62 bits per heavy atom. The van der Waals surface area contributed by atoms with Gasteiger partial charge in [0.15, 0.2) is 5.82 Å². The van der Waals surface area contributed by atoms with Crippen molar-refractivity contribution in [1.82, 2.24) is 10.0 Å². The Balaban J connectivity index is 1.56. The first kappa shape index (κ1) is 22.6. The second-order valence-corrected chi connectivity index (χ2v) is 10.4. The van der Waals surface area contributed by atoms with E-state index in [1.807, 2.05) is 47.2 Å². The molecule has 7 nitrogen and oxygen atoms in total. The lowest BCUT2D eigenvalue weighted by molar-refractivity contribution is -0.117. The highest BCUT2D eigenvalue weighted by Gasteiger charge is 2.38. The quantitative estimate of drug-likeness (QED) is 0.562. The van der Waals surface area contributed by atoms with Gasteiger partial charge >= 0.3 is 10.2 Å². The molecule has 2 aliphatic rings. The van der Waals surface area contributed by atoms with Crippen LogP contribution in [0.25, 0.3) is 10.8 Å². The van der Waals surface area contributed by atoms with Crippen molar-refractivity contribution >= 4 is 32.6 Å². The van der Waals surface area contributed by atoms with Crippen LogP contribution in [0.5, 0.6) is 5.75 Å². The number of rotatable bonds is 6. The molecule has 9 heteroatoms. The van der Waals surface area contributed by atoms with Crippen molar-refractivity contribution in [2.24, 2.45) is 5.92 Å². The zero-order valence-electron chi connectivity index (χ0n) is 18.6. The van der Waals surface area contributed by atoms with E-state index in [9.17, 15) is 13.2 Å². The van der Waals surface area contributed by atoms with Gasteiger partial charge < -0.3 is 10.1 Å². The number of fused-ring (bicyclic) bond motifs is 1. The van der Waals surface area contributed by atoms with Gasteiger partial charge in [-0.2, -0.15) is 8.42 Å². The van der Waals surface area contributed by atoms with E-state index in [2.05, 4.69) is 5.32 Å². The number of benzene rings is 3. The molecule has 0 saturated carbocycles. The monoisotopic (exact) mass is 483 g/mol. The minimum Gasteiger partial charge on any atom is -0.487 e. The van der Waals surface area contributed by atoms with E-state index >= 15 is 4.39 Å². The first-order chi connectivity index (χ1) is 16.4. The summed E-state index contributed by atoms with van der Waals surface area (Å²) in [5.74, 6) is -0.891. The van der Waals surface area contributed by atoms with E-state index in [4.69, 9.17) is 4.74 Å². The van der Waals surface area contributed by atoms with Crippen LogP contribution in [0.1, 0.15) is 24.0 Å². The molecule has 0 spiro atoms. The lowest BCUT2D eigenvalue weighted by Crippen LogP contribution is -2.31. The maximum Gasteiger partial charge on any atom is 0.326 e. The summed E-state index contributed by atoms with van der Waals surface area (Å²) in [6.07, 6.45) is 3.05. The van der Waals surface area contributed by atoms with Crippen LogP contribution in [0.15, 0.2) is 54.6 Å². The lowest BCUT2D eigenvalue weighted by atomic mass is 9.91. The lowest BCUT2D eigenvalue weighted by Gasteiger charge is -2.23. The number of nitrogens with zero attached hydrogens (tertiary/aromatic N) is 1. The van der Waals surface area contributed by atoms with Crippen molar-refractivity contribution < 1.29 is 22.3 Å². The molecule has 2 N–H and O–H groups in total.